The zero-order valence-corrected chi connectivity index (χ0v) is 29.1. The van der Waals surface area contributed by atoms with Gasteiger partial charge in [-0.15, -0.1) is 0 Å². The normalized spacial score (nSPS) is 12.4. The van der Waals surface area contributed by atoms with Crippen LogP contribution in [0.3, 0.4) is 0 Å². The smallest absolute Gasteiger partial charge is 0.0495 e. The molecule has 0 radical (unpaired) electrons. The summed E-state index contributed by atoms with van der Waals surface area (Å²) in [5.74, 6) is 0.613. The fourth-order valence-electron chi connectivity index (χ4n) is 6.56. The Morgan fingerprint density at radius 2 is 1.15 bits per heavy atom. The Kier molecular flexibility index (Phi) is 10.4. The van der Waals surface area contributed by atoms with Crippen LogP contribution in [0.15, 0.2) is 146 Å². The van der Waals surface area contributed by atoms with Crippen molar-refractivity contribution in [2.75, 3.05) is 0 Å². The van der Waals surface area contributed by atoms with Crippen molar-refractivity contribution in [3.63, 3.8) is 0 Å². The van der Waals surface area contributed by atoms with E-state index >= 15 is 0 Å². The minimum atomic E-state index is 0.613. The SMILES string of the molecule is CCC(C)c1ccc(-c2ccc(-c3ccc4c5c6c(ccc5n(C)c4c3)CCC=C6)cc2)cc1.Cc1ccccc1.Cc1ccccc1. The standard InChI is InChI=1S/C33H31N.2C7H8/c1-4-22(2)23-9-11-24(12-10-23)25-13-15-26(16-14-25)28-17-19-30-32(21-28)34(3)31-20-18-27-7-5-6-8-29(27)33(30)31;2*1-7-5-3-2-4-6-7/h6,8-22H,4-5,7H2,1-3H3;2*2-6H,1H3. The fraction of sp³-hybridized carbons (Fsp3) is 0.191. The zero-order valence-electron chi connectivity index (χ0n) is 29.1. The molecule has 1 heterocycles. The van der Waals surface area contributed by atoms with Crippen molar-refractivity contribution in [1.82, 2.24) is 4.57 Å². The number of rotatable bonds is 4. The van der Waals surface area contributed by atoms with Crippen LogP contribution < -0.4 is 0 Å². The Hall–Kier alpha value is -5.14. The highest BCUT2D eigenvalue weighted by Crippen LogP contribution is 2.37. The molecule has 8 rings (SSSR count). The van der Waals surface area contributed by atoms with E-state index in [1.807, 2.05) is 36.4 Å². The van der Waals surface area contributed by atoms with E-state index in [9.17, 15) is 0 Å². The van der Waals surface area contributed by atoms with Gasteiger partial charge in [-0.05, 0) is 90.1 Å². The molecule has 0 spiro atoms. The number of aromatic nitrogens is 1. The van der Waals surface area contributed by atoms with Crippen LogP contribution in [-0.4, -0.2) is 4.57 Å². The van der Waals surface area contributed by atoms with Crippen molar-refractivity contribution in [2.45, 2.75) is 52.9 Å². The number of allylic oxidation sites excluding steroid dienone is 1. The third-order valence-corrected chi connectivity index (χ3v) is 9.69. The van der Waals surface area contributed by atoms with Crippen LogP contribution >= 0.6 is 0 Å². The highest BCUT2D eigenvalue weighted by molar-refractivity contribution is 6.13. The summed E-state index contributed by atoms with van der Waals surface area (Å²) in [6.45, 7) is 8.71. The van der Waals surface area contributed by atoms with Crippen LogP contribution in [0.2, 0.25) is 0 Å². The van der Waals surface area contributed by atoms with Crippen LogP contribution in [0, 0.1) is 13.8 Å². The van der Waals surface area contributed by atoms with E-state index in [1.54, 1.807) is 0 Å². The number of fused-ring (bicyclic) bond motifs is 5. The van der Waals surface area contributed by atoms with E-state index in [2.05, 4.69) is 155 Å². The Morgan fingerprint density at radius 1 is 0.604 bits per heavy atom. The molecule has 1 aromatic heterocycles. The van der Waals surface area contributed by atoms with Gasteiger partial charge in [0.1, 0.15) is 0 Å². The first-order valence-corrected chi connectivity index (χ1v) is 17.4. The molecule has 7 aromatic rings. The molecular weight excluding hydrogens is 579 g/mol. The number of hydrogen-bond donors (Lipinski definition) is 0. The summed E-state index contributed by atoms with van der Waals surface area (Å²) in [6, 6.07) is 50.2. The van der Waals surface area contributed by atoms with Crippen molar-refractivity contribution in [1.29, 1.82) is 0 Å². The third kappa shape index (κ3) is 7.37. The minimum Gasteiger partial charge on any atom is -0.344 e. The second-order valence-corrected chi connectivity index (χ2v) is 13.1. The molecule has 240 valence electrons. The van der Waals surface area contributed by atoms with Crippen LogP contribution in [0.4, 0.5) is 0 Å². The van der Waals surface area contributed by atoms with Gasteiger partial charge in [-0.3, -0.25) is 0 Å². The summed E-state index contributed by atoms with van der Waals surface area (Å²) in [5, 5.41) is 2.75. The molecule has 0 bridgehead atoms. The lowest BCUT2D eigenvalue weighted by molar-refractivity contribution is 0.734. The van der Waals surface area contributed by atoms with Gasteiger partial charge in [0.25, 0.3) is 0 Å². The molecule has 0 aliphatic heterocycles. The van der Waals surface area contributed by atoms with Crippen molar-refractivity contribution >= 4 is 27.9 Å². The minimum absolute atomic E-state index is 0.613. The average Bonchev–Trinajstić information content (AvgIpc) is 3.43. The monoisotopic (exact) mass is 625 g/mol. The third-order valence-electron chi connectivity index (χ3n) is 9.69. The number of benzene rings is 6. The molecule has 0 saturated carbocycles. The van der Waals surface area contributed by atoms with Crippen molar-refractivity contribution in [3.05, 3.63) is 173 Å². The zero-order chi connectivity index (χ0) is 33.5. The van der Waals surface area contributed by atoms with E-state index in [1.165, 1.54) is 78.3 Å². The van der Waals surface area contributed by atoms with E-state index in [0.29, 0.717) is 5.92 Å². The Labute approximate surface area is 287 Å². The summed E-state index contributed by atoms with van der Waals surface area (Å²) in [4.78, 5) is 0. The largest absolute Gasteiger partial charge is 0.344 e. The van der Waals surface area contributed by atoms with E-state index < -0.39 is 0 Å². The quantitative estimate of drug-likeness (QED) is 0.183. The van der Waals surface area contributed by atoms with E-state index in [0.717, 1.165) is 12.8 Å². The molecule has 0 amide bonds. The molecule has 1 unspecified atom stereocenters. The number of hydrogen-bond acceptors (Lipinski definition) is 0. The average molecular weight is 626 g/mol. The first-order chi connectivity index (χ1) is 23.4. The number of aryl methyl sites for hydroxylation is 4. The van der Waals surface area contributed by atoms with Gasteiger partial charge < -0.3 is 4.57 Å². The van der Waals surface area contributed by atoms with Gasteiger partial charge in [-0.1, -0.05) is 165 Å². The molecule has 0 saturated heterocycles. The molecule has 1 heteroatoms. The summed E-state index contributed by atoms with van der Waals surface area (Å²) < 4.78 is 2.35. The van der Waals surface area contributed by atoms with Gasteiger partial charge in [0.15, 0.2) is 0 Å². The highest BCUT2D eigenvalue weighted by Gasteiger charge is 2.16. The Balaban J connectivity index is 0.000000237. The summed E-state index contributed by atoms with van der Waals surface area (Å²) in [5.41, 5.74) is 14.6. The van der Waals surface area contributed by atoms with Crippen molar-refractivity contribution < 1.29 is 0 Å². The molecule has 1 atom stereocenters. The Morgan fingerprint density at radius 3 is 1.69 bits per heavy atom. The lowest BCUT2D eigenvalue weighted by Gasteiger charge is -2.11. The predicted octanol–water partition coefficient (Wildman–Crippen LogP) is 13.1. The molecule has 1 aliphatic carbocycles. The second kappa shape index (κ2) is 15.2. The predicted molar refractivity (Wildman–Crippen MR) is 210 cm³/mol. The van der Waals surface area contributed by atoms with Gasteiger partial charge in [0, 0.05) is 28.9 Å². The van der Waals surface area contributed by atoms with Crippen LogP contribution in [-0.2, 0) is 13.5 Å². The summed E-state index contributed by atoms with van der Waals surface area (Å²) >= 11 is 0. The van der Waals surface area contributed by atoms with Crippen molar-refractivity contribution in [3.8, 4) is 22.3 Å². The van der Waals surface area contributed by atoms with Gasteiger partial charge in [-0.2, -0.15) is 0 Å². The van der Waals surface area contributed by atoms with E-state index in [4.69, 9.17) is 0 Å². The fourth-order valence-corrected chi connectivity index (χ4v) is 6.56. The van der Waals surface area contributed by atoms with Crippen LogP contribution in [0.1, 0.15) is 60.4 Å². The number of nitrogens with zero attached hydrogens (tertiary/aromatic N) is 1. The molecule has 0 N–H and O–H groups in total. The van der Waals surface area contributed by atoms with Gasteiger partial charge in [0.05, 0.1) is 0 Å². The molecule has 1 aliphatic rings. The lowest BCUT2D eigenvalue weighted by Crippen LogP contribution is -1.95. The molecular formula is C47H47N. The lowest BCUT2D eigenvalue weighted by atomic mass is 9.93. The van der Waals surface area contributed by atoms with E-state index in [-0.39, 0.29) is 0 Å². The van der Waals surface area contributed by atoms with Gasteiger partial charge in [0.2, 0.25) is 0 Å². The maximum atomic E-state index is 2.35. The van der Waals surface area contributed by atoms with Gasteiger partial charge >= 0.3 is 0 Å². The molecule has 6 aromatic carbocycles. The van der Waals surface area contributed by atoms with Crippen LogP contribution in [0.25, 0.3) is 50.1 Å². The first-order valence-electron chi connectivity index (χ1n) is 17.4. The molecule has 0 fully saturated rings. The Bertz CT molecular complexity index is 2080. The van der Waals surface area contributed by atoms with Crippen molar-refractivity contribution in [2.24, 2.45) is 7.05 Å². The maximum absolute atomic E-state index is 2.35. The topological polar surface area (TPSA) is 4.93 Å². The summed E-state index contributed by atoms with van der Waals surface area (Å²) in [7, 11) is 2.19. The van der Waals surface area contributed by atoms with Crippen LogP contribution in [0.5, 0.6) is 0 Å². The summed E-state index contributed by atoms with van der Waals surface area (Å²) in [6.07, 6.45) is 8.10. The molecule has 48 heavy (non-hydrogen) atoms. The molecule has 1 nitrogen and oxygen atoms in total. The second-order valence-electron chi connectivity index (χ2n) is 13.1. The van der Waals surface area contributed by atoms with Gasteiger partial charge in [-0.25, -0.2) is 0 Å². The highest BCUT2D eigenvalue weighted by atomic mass is 14.9. The first kappa shape index (κ1) is 32.8. The maximum Gasteiger partial charge on any atom is 0.0495 e.